The van der Waals surface area contributed by atoms with Crippen molar-refractivity contribution in [2.24, 2.45) is 5.92 Å². The summed E-state index contributed by atoms with van der Waals surface area (Å²) < 4.78 is 1.65. The first-order chi connectivity index (χ1) is 6.61. The van der Waals surface area contributed by atoms with Crippen LogP contribution in [0, 0.1) is 5.92 Å². The molecule has 14 heavy (non-hydrogen) atoms. The van der Waals surface area contributed by atoms with Crippen molar-refractivity contribution >= 4 is 17.4 Å². The predicted octanol–water partition coefficient (Wildman–Crippen LogP) is 2.79. The van der Waals surface area contributed by atoms with Gasteiger partial charge in [-0.3, -0.25) is 9.48 Å². The standard InChI is InChI=1S/C10H15ClN2O/c1-4-7(3)10(14)9-8(11)6-12-13(9)5-2/h6-7H,4-5H2,1-3H3. The molecule has 0 aromatic carbocycles. The summed E-state index contributed by atoms with van der Waals surface area (Å²) in [5.41, 5.74) is 0.545. The monoisotopic (exact) mass is 214 g/mol. The van der Waals surface area contributed by atoms with Crippen LogP contribution in [0.3, 0.4) is 0 Å². The lowest BCUT2D eigenvalue weighted by atomic mass is 10.0. The van der Waals surface area contributed by atoms with Gasteiger partial charge >= 0.3 is 0 Å². The van der Waals surface area contributed by atoms with Crippen molar-refractivity contribution in [2.75, 3.05) is 0 Å². The molecule has 1 atom stereocenters. The summed E-state index contributed by atoms with van der Waals surface area (Å²) in [6, 6.07) is 0. The minimum Gasteiger partial charge on any atom is -0.292 e. The van der Waals surface area contributed by atoms with E-state index in [4.69, 9.17) is 11.6 Å². The molecule has 0 spiro atoms. The van der Waals surface area contributed by atoms with Crippen molar-refractivity contribution in [2.45, 2.75) is 33.7 Å². The number of hydrogen-bond acceptors (Lipinski definition) is 2. The van der Waals surface area contributed by atoms with E-state index in [1.807, 2.05) is 20.8 Å². The van der Waals surface area contributed by atoms with Gasteiger partial charge in [0.15, 0.2) is 5.78 Å². The lowest BCUT2D eigenvalue weighted by Gasteiger charge is -2.09. The highest BCUT2D eigenvalue weighted by Gasteiger charge is 2.20. The van der Waals surface area contributed by atoms with E-state index >= 15 is 0 Å². The van der Waals surface area contributed by atoms with Crippen LogP contribution in [-0.4, -0.2) is 15.6 Å². The number of ketones is 1. The lowest BCUT2D eigenvalue weighted by Crippen LogP contribution is -2.16. The fourth-order valence-corrected chi connectivity index (χ4v) is 1.50. The first kappa shape index (κ1) is 11.2. The van der Waals surface area contributed by atoms with E-state index in [1.54, 1.807) is 4.68 Å². The summed E-state index contributed by atoms with van der Waals surface area (Å²) >= 11 is 5.92. The molecule has 0 aliphatic rings. The van der Waals surface area contributed by atoms with Crippen LogP contribution in [0.25, 0.3) is 0 Å². The van der Waals surface area contributed by atoms with Gasteiger partial charge in [0.1, 0.15) is 5.69 Å². The number of rotatable bonds is 4. The zero-order valence-corrected chi connectivity index (χ0v) is 9.51. The average molecular weight is 215 g/mol. The van der Waals surface area contributed by atoms with Crippen LogP contribution in [0.5, 0.6) is 0 Å². The third-order valence-corrected chi connectivity index (χ3v) is 2.66. The van der Waals surface area contributed by atoms with Gasteiger partial charge in [-0.05, 0) is 13.3 Å². The number of carbonyl (C=O) groups excluding carboxylic acids is 1. The highest BCUT2D eigenvalue weighted by atomic mass is 35.5. The molecule has 0 radical (unpaired) electrons. The molecule has 78 valence electrons. The first-order valence-corrected chi connectivity index (χ1v) is 5.25. The number of carbonyl (C=O) groups is 1. The second-order valence-electron chi connectivity index (χ2n) is 3.33. The van der Waals surface area contributed by atoms with Crippen LogP contribution < -0.4 is 0 Å². The Bertz CT molecular complexity index is 333. The van der Waals surface area contributed by atoms with Crippen LogP contribution >= 0.6 is 11.6 Å². The molecule has 0 saturated heterocycles. The molecule has 0 aliphatic carbocycles. The van der Waals surface area contributed by atoms with Crippen molar-refractivity contribution in [3.63, 3.8) is 0 Å². The summed E-state index contributed by atoms with van der Waals surface area (Å²) in [7, 11) is 0. The van der Waals surface area contributed by atoms with Gasteiger partial charge in [-0.25, -0.2) is 0 Å². The highest BCUT2D eigenvalue weighted by Crippen LogP contribution is 2.20. The maximum atomic E-state index is 11.9. The molecule has 0 bridgehead atoms. The number of hydrogen-bond donors (Lipinski definition) is 0. The quantitative estimate of drug-likeness (QED) is 0.723. The number of aryl methyl sites for hydroxylation is 1. The second-order valence-corrected chi connectivity index (χ2v) is 3.74. The molecule has 0 amide bonds. The third kappa shape index (κ3) is 1.98. The molecular formula is C10H15ClN2O. The molecule has 1 aromatic heterocycles. The van der Waals surface area contributed by atoms with E-state index in [0.717, 1.165) is 6.42 Å². The van der Waals surface area contributed by atoms with Gasteiger partial charge in [0.05, 0.1) is 11.2 Å². The molecule has 0 aliphatic heterocycles. The summed E-state index contributed by atoms with van der Waals surface area (Å²) in [6.45, 7) is 6.51. The Hall–Kier alpha value is -0.830. The predicted molar refractivity (Wildman–Crippen MR) is 56.7 cm³/mol. The maximum absolute atomic E-state index is 11.9. The van der Waals surface area contributed by atoms with Gasteiger partial charge in [-0.2, -0.15) is 5.10 Å². The van der Waals surface area contributed by atoms with Crippen molar-refractivity contribution in [3.8, 4) is 0 Å². The highest BCUT2D eigenvalue weighted by molar-refractivity contribution is 6.33. The summed E-state index contributed by atoms with van der Waals surface area (Å²) in [5, 5.41) is 4.49. The minimum atomic E-state index is 0.00880. The average Bonchev–Trinajstić information content (AvgIpc) is 2.57. The topological polar surface area (TPSA) is 34.9 Å². The van der Waals surface area contributed by atoms with Gasteiger partial charge in [0, 0.05) is 12.5 Å². The normalized spacial score (nSPS) is 12.9. The van der Waals surface area contributed by atoms with Gasteiger partial charge < -0.3 is 0 Å². The largest absolute Gasteiger partial charge is 0.292 e. The Morgan fingerprint density at radius 3 is 2.79 bits per heavy atom. The Kier molecular flexibility index (Phi) is 3.69. The van der Waals surface area contributed by atoms with E-state index in [9.17, 15) is 4.79 Å². The molecule has 1 heterocycles. The Morgan fingerprint density at radius 1 is 1.64 bits per heavy atom. The van der Waals surface area contributed by atoms with Gasteiger partial charge in [0.2, 0.25) is 0 Å². The van der Waals surface area contributed by atoms with Crippen molar-refractivity contribution < 1.29 is 4.79 Å². The molecular weight excluding hydrogens is 200 g/mol. The molecule has 1 unspecified atom stereocenters. The smallest absolute Gasteiger partial charge is 0.185 e. The minimum absolute atomic E-state index is 0.00880. The number of Topliss-reactive ketones (excluding diaryl/α,β-unsaturated/α-hetero) is 1. The lowest BCUT2D eigenvalue weighted by molar-refractivity contribution is 0.0916. The Balaban J connectivity index is 3.04. The second kappa shape index (κ2) is 4.60. The molecule has 4 heteroatoms. The maximum Gasteiger partial charge on any atom is 0.185 e. The van der Waals surface area contributed by atoms with Crippen LogP contribution in [0.1, 0.15) is 37.7 Å². The first-order valence-electron chi connectivity index (χ1n) is 4.87. The summed E-state index contributed by atoms with van der Waals surface area (Å²) in [4.78, 5) is 11.9. The zero-order chi connectivity index (χ0) is 10.7. The molecule has 1 rings (SSSR count). The fraction of sp³-hybridized carbons (Fsp3) is 0.600. The Morgan fingerprint density at radius 2 is 2.29 bits per heavy atom. The Labute approximate surface area is 89.1 Å². The van der Waals surface area contributed by atoms with Gasteiger partial charge in [-0.1, -0.05) is 25.4 Å². The number of aromatic nitrogens is 2. The molecule has 1 aromatic rings. The number of nitrogens with zero attached hydrogens (tertiary/aromatic N) is 2. The molecule has 3 nitrogen and oxygen atoms in total. The fourth-order valence-electron chi connectivity index (χ4n) is 1.27. The molecule has 0 N–H and O–H groups in total. The van der Waals surface area contributed by atoms with Crippen LogP contribution in [0.15, 0.2) is 6.20 Å². The van der Waals surface area contributed by atoms with Gasteiger partial charge in [0.25, 0.3) is 0 Å². The zero-order valence-electron chi connectivity index (χ0n) is 8.75. The SMILES string of the molecule is CCC(C)C(=O)c1c(Cl)cnn1CC. The van der Waals surface area contributed by atoms with E-state index in [-0.39, 0.29) is 11.7 Å². The van der Waals surface area contributed by atoms with E-state index < -0.39 is 0 Å². The molecule has 0 saturated carbocycles. The summed E-state index contributed by atoms with van der Waals surface area (Å²) in [6.07, 6.45) is 2.35. The van der Waals surface area contributed by atoms with Crippen molar-refractivity contribution in [1.29, 1.82) is 0 Å². The van der Waals surface area contributed by atoms with Crippen LogP contribution in [0.4, 0.5) is 0 Å². The number of halogens is 1. The third-order valence-electron chi connectivity index (χ3n) is 2.39. The van der Waals surface area contributed by atoms with E-state index in [1.165, 1.54) is 6.20 Å². The van der Waals surface area contributed by atoms with Gasteiger partial charge in [-0.15, -0.1) is 0 Å². The van der Waals surface area contributed by atoms with Crippen molar-refractivity contribution in [3.05, 3.63) is 16.9 Å². The van der Waals surface area contributed by atoms with E-state index in [2.05, 4.69) is 5.10 Å². The summed E-state index contributed by atoms with van der Waals surface area (Å²) in [5.74, 6) is 0.0892. The van der Waals surface area contributed by atoms with Crippen LogP contribution in [0.2, 0.25) is 5.02 Å². The van der Waals surface area contributed by atoms with Crippen LogP contribution in [-0.2, 0) is 6.54 Å². The molecule has 0 fully saturated rings. The van der Waals surface area contributed by atoms with Crippen molar-refractivity contribution in [1.82, 2.24) is 9.78 Å². The van der Waals surface area contributed by atoms with E-state index in [0.29, 0.717) is 17.3 Å².